The number of ether oxygens (including phenoxy) is 1. The highest BCUT2D eigenvalue weighted by atomic mass is 79.9. The summed E-state index contributed by atoms with van der Waals surface area (Å²) in [5.41, 5.74) is 2.46. The molecule has 0 saturated heterocycles. The molecule has 2 rings (SSSR count). The van der Waals surface area contributed by atoms with Crippen molar-refractivity contribution in [2.45, 2.75) is 19.9 Å². The van der Waals surface area contributed by atoms with Gasteiger partial charge in [-0.05, 0) is 24.6 Å². The van der Waals surface area contributed by atoms with Crippen molar-refractivity contribution in [2.24, 2.45) is 0 Å². The van der Waals surface area contributed by atoms with Gasteiger partial charge in [-0.15, -0.1) is 0 Å². The SMILES string of the molecule is CCc1nn(CCO)c(-c2ccc(Br)cc2OC)c1Cl. The molecule has 0 radical (unpaired) electrons. The third-order valence-corrected chi connectivity index (χ3v) is 3.92. The number of halogens is 2. The second-order valence-corrected chi connectivity index (χ2v) is 5.55. The van der Waals surface area contributed by atoms with E-state index in [1.54, 1.807) is 11.8 Å². The molecular formula is C14H16BrClN2O2. The van der Waals surface area contributed by atoms with Crippen LogP contribution in [0.1, 0.15) is 12.6 Å². The number of aliphatic hydroxyl groups is 1. The molecule has 1 heterocycles. The summed E-state index contributed by atoms with van der Waals surface area (Å²) >= 11 is 9.86. The van der Waals surface area contributed by atoms with Crippen LogP contribution in [-0.4, -0.2) is 28.6 Å². The van der Waals surface area contributed by atoms with E-state index < -0.39 is 0 Å². The van der Waals surface area contributed by atoms with Gasteiger partial charge in [0.2, 0.25) is 0 Å². The Morgan fingerprint density at radius 3 is 2.80 bits per heavy atom. The summed E-state index contributed by atoms with van der Waals surface area (Å²) in [5, 5.41) is 14.3. The monoisotopic (exact) mass is 358 g/mol. The van der Waals surface area contributed by atoms with Gasteiger partial charge in [-0.1, -0.05) is 34.5 Å². The van der Waals surface area contributed by atoms with Crippen LogP contribution in [0.2, 0.25) is 5.02 Å². The molecule has 0 fully saturated rings. The molecule has 2 aromatic rings. The first kappa shape index (κ1) is 15.4. The van der Waals surface area contributed by atoms with Gasteiger partial charge in [-0.3, -0.25) is 4.68 Å². The van der Waals surface area contributed by atoms with Crippen molar-refractivity contribution in [3.8, 4) is 17.0 Å². The highest BCUT2D eigenvalue weighted by Gasteiger charge is 2.19. The summed E-state index contributed by atoms with van der Waals surface area (Å²) in [6.45, 7) is 2.40. The van der Waals surface area contributed by atoms with E-state index in [0.717, 1.165) is 27.8 Å². The van der Waals surface area contributed by atoms with Gasteiger partial charge in [-0.25, -0.2) is 0 Å². The van der Waals surface area contributed by atoms with Crippen molar-refractivity contribution in [1.29, 1.82) is 0 Å². The number of aryl methyl sites for hydroxylation is 1. The van der Waals surface area contributed by atoms with Crippen LogP contribution in [0.15, 0.2) is 22.7 Å². The predicted octanol–water partition coefficient (Wildman–Crippen LogP) is 3.53. The molecule has 0 aliphatic heterocycles. The highest BCUT2D eigenvalue weighted by Crippen LogP contribution is 2.38. The van der Waals surface area contributed by atoms with Crippen molar-refractivity contribution in [3.05, 3.63) is 33.4 Å². The van der Waals surface area contributed by atoms with Gasteiger partial charge in [-0.2, -0.15) is 5.10 Å². The molecule has 108 valence electrons. The van der Waals surface area contributed by atoms with Gasteiger partial charge in [0.1, 0.15) is 5.75 Å². The van der Waals surface area contributed by atoms with Crippen LogP contribution in [0.25, 0.3) is 11.3 Å². The summed E-state index contributed by atoms with van der Waals surface area (Å²) in [6.07, 6.45) is 0.739. The quantitative estimate of drug-likeness (QED) is 0.888. The molecule has 1 N–H and O–H groups in total. The Morgan fingerprint density at radius 2 is 2.20 bits per heavy atom. The van der Waals surface area contributed by atoms with Gasteiger partial charge in [0.25, 0.3) is 0 Å². The fourth-order valence-corrected chi connectivity index (χ4v) is 2.80. The van der Waals surface area contributed by atoms with E-state index in [2.05, 4.69) is 21.0 Å². The number of hydrogen-bond donors (Lipinski definition) is 1. The maximum absolute atomic E-state index is 9.19. The maximum atomic E-state index is 9.19. The predicted molar refractivity (Wildman–Crippen MR) is 83.4 cm³/mol. The Balaban J connectivity index is 2.64. The molecule has 1 aromatic heterocycles. The van der Waals surface area contributed by atoms with E-state index in [-0.39, 0.29) is 6.61 Å². The minimum absolute atomic E-state index is 0.00695. The number of aromatic nitrogens is 2. The molecule has 0 atom stereocenters. The van der Waals surface area contributed by atoms with Crippen molar-refractivity contribution in [2.75, 3.05) is 13.7 Å². The van der Waals surface area contributed by atoms with E-state index in [1.165, 1.54) is 0 Å². The number of methoxy groups -OCH3 is 1. The Bertz CT molecular complexity index is 613. The maximum Gasteiger partial charge on any atom is 0.129 e. The molecule has 6 heteroatoms. The number of benzene rings is 1. The Hall–Kier alpha value is -1.04. The first-order chi connectivity index (χ1) is 9.62. The molecule has 0 unspecified atom stereocenters. The lowest BCUT2D eigenvalue weighted by atomic mass is 10.1. The average Bonchev–Trinajstić information content (AvgIpc) is 2.75. The van der Waals surface area contributed by atoms with Gasteiger partial charge >= 0.3 is 0 Å². The normalized spacial score (nSPS) is 10.8. The summed E-state index contributed by atoms with van der Waals surface area (Å²) in [4.78, 5) is 0. The van der Waals surface area contributed by atoms with Crippen LogP contribution in [0.3, 0.4) is 0 Å². The minimum Gasteiger partial charge on any atom is -0.496 e. The van der Waals surface area contributed by atoms with Crippen molar-refractivity contribution < 1.29 is 9.84 Å². The van der Waals surface area contributed by atoms with Crippen LogP contribution >= 0.6 is 27.5 Å². The zero-order valence-electron chi connectivity index (χ0n) is 11.4. The first-order valence-corrected chi connectivity index (χ1v) is 7.49. The summed E-state index contributed by atoms with van der Waals surface area (Å²) in [7, 11) is 1.62. The molecule has 4 nitrogen and oxygen atoms in total. The van der Waals surface area contributed by atoms with Crippen molar-refractivity contribution in [1.82, 2.24) is 9.78 Å². The Morgan fingerprint density at radius 1 is 1.45 bits per heavy atom. The lowest BCUT2D eigenvalue weighted by molar-refractivity contribution is 0.270. The van der Waals surface area contributed by atoms with Crippen LogP contribution in [0.4, 0.5) is 0 Å². The van der Waals surface area contributed by atoms with Crippen LogP contribution in [0, 0.1) is 0 Å². The highest BCUT2D eigenvalue weighted by molar-refractivity contribution is 9.10. The zero-order chi connectivity index (χ0) is 14.7. The van der Waals surface area contributed by atoms with Gasteiger partial charge in [0.05, 0.1) is 36.7 Å². The summed E-state index contributed by atoms with van der Waals surface area (Å²) in [6, 6.07) is 5.74. The molecule has 0 amide bonds. The van der Waals surface area contributed by atoms with Gasteiger partial charge < -0.3 is 9.84 Å². The molecule has 0 saturated carbocycles. The molecule has 0 spiro atoms. The van der Waals surface area contributed by atoms with Crippen LogP contribution in [0.5, 0.6) is 5.75 Å². The molecular weight excluding hydrogens is 344 g/mol. The Labute approximate surface area is 131 Å². The van der Waals surface area contributed by atoms with E-state index in [9.17, 15) is 5.11 Å². The number of aliphatic hydroxyl groups excluding tert-OH is 1. The van der Waals surface area contributed by atoms with Gasteiger partial charge in [0, 0.05) is 10.0 Å². The fourth-order valence-electron chi connectivity index (χ4n) is 2.09. The topological polar surface area (TPSA) is 47.3 Å². The largest absolute Gasteiger partial charge is 0.496 e. The number of nitrogens with zero attached hydrogens (tertiary/aromatic N) is 2. The summed E-state index contributed by atoms with van der Waals surface area (Å²) < 4.78 is 8.08. The van der Waals surface area contributed by atoms with Gasteiger partial charge in [0.15, 0.2) is 0 Å². The van der Waals surface area contributed by atoms with E-state index >= 15 is 0 Å². The molecule has 20 heavy (non-hydrogen) atoms. The molecule has 0 bridgehead atoms. The first-order valence-electron chi connectivity index (χ1n) is 6.32. The van der Waals surface area contributed by atoms with E-state index in [0.29, 0.717) is 17.3 Å². The third kappa shape index (κ3) is 2.85. The smallest absolute Gasteiger partial charge is 0.129 e. The summed E-state index contributed by atoms with van der Waals surface area (Å²) in [5.74, 6) is 0.711. The lowest BCUT2D eigenvalue weighted by Gasteiger charge is -2.11. The fraction of sp³-hybridized carbons (Fsp3) is 0.357. The molecule has 0 aliphatic rings. The second-order valence-electron chi connectivity index (χ2n) is 4.25. The lowest BCUT2D eigenvalue weighted by Crippen LogP contribution is -2.06. The number of rotatable bonds is 5. The molecule has 0 aliphatic carbocycles. The number of hydrogen-bond acceptors (Lipinski definition) is 3. The second kappa shape index (κ2) is 6.61. The Kier molecular flexibility index (Phi) is 5.07. The zero-order valence-corrected chi connectivity index (χ0v) is 13.7. The van der Waals surface area contributed by atoms with Crippen molar-refractivity contribution in [3.63, 3.8) is 0 Å². The standard InChI is InChI=1S/C14H16BrClN2O2/c1-3-11-13(16)14(18(17-11)6-7-19)10-5-4-9(15)8-12(10)20-2/h4-5,8,19H,3,6-7H2,1-2H3. The van der Waals surface area contributed by atoms with Crippen molar-refractivity contribution >= 4 is 27.5 Å². The minimum atomic E-state index is 0.00695. The molecule has 1 aromatic carbocycles. The van der Waals surface area contributed by atoms with E-state index in [1.807, 2.05) is 25.1 Å². The van der Waals surface area contributed by atoms with E-state index in [4.69, 9.17) is 16.3 Å². The van der Waals surface area contributed by atoms with Crippen LogP contribution in [-0.2, 0) is 13.0 Å². The average molecular weight is 360 g/mol. The third-order valence-electron chi connectivity index (χ3n) is 3.03. The van der Waals surface area contributed by atoms with Crippen LogP contribution < -0.4 is 4.74 Å².